The van der Waals surface area contributed by atoms with Crippen LogP contribution in [0.4, 0.5) is 5.00 Å². The van der Waals surface area contributed by atoms with Crippen LogP contribution in [-0.4, -0.2) is 12.8 Å². The third-order valence-electron chi connectivity index (χ3n) is 5.34. The molecule has 3 nitrogen and oxygen atoms in total. The number of nitrogens with zero attached hydrogens (tertiary/aromatic N) is 2. The maximum Gasteiger partial charge on any atom is 0.134 e. The predicted octanol–water partition coefficient (Wildman–Crippen LogP) is 7.07. The molecule has 0 amide bonds. The van der Waals surface area contributed by atoms with Crippen LogP contribution in [0.1, 0.15) is 62.1 Å². The van der Waals surface area contributed by atoms with Gasteiger partial charge < -0.3 is 4.74 Å². The molecular weight excluding hydrogens is 432 g/mol. The first-order chi connectivity index (χ1) is 13.3. The summed E-state index contributed by atoms with van der Waals surface area (Å²) in [6, 6.07) is 8.34. The highest BCUT2D eigenvalue weighted by Gasteiger charge is 2.32. The highest BCUT2D eigenvalue weighted by atomic mass is 79.9. The SMILES string of the molecule is CCCOc1ccc(Br)cc1C=Nc1sc2c(c1C#N)CC[C@H](C(C)(C)C)C2. The van der Waals surface area contributed by atoms with Gasteiger partial charge in [-0.15, -0.1) is 11.3 Å². The Balaban J connectivity index is 1.91. The van der Waals surface area contributed by atoms with Crippen molar-refractivity contribution in [2.24, 2.45) is 16.3 Å². The minimum absolute atomic E-state index is 0.291. The van der Waals surface area contributed by atoms with Gasteiger partial charge in [-0.25, -0.2) is 4.99 Å². The Bertz CT molecular complexity index is 918. The van der Waals surface area contributed by atoms with Gasteiger partial charge >= 0.3 is 0 Å². The number of hydrogen-bond acceptors (Lipinski definition) is 4. The summed E-state index contributed by atoms with van der Waals surface area (Å²) in [5, 5.41) is 10.6. The Kier molecular flexibility index (Phi) is 6.62. The predicted molar refractivity (Wildman–Crippen MR) is 121 cm³/mol. The van der Waals surface area contributed by atoms with Crippen LogP contribution in [0, 0.1) is 22.7 Å². The van der Waals surface area contributed by atoms with Gasteiger partial charge in [0, 0.05) is 21.1 Å². The van der Waals surface area contributed by atoms with Gasteiger partial charge in [-0.1, -0.05) is 43.6 Å². The third kappa shape index (κ3) is 4.67. The van der Waals surface area contributed by atoms with Crippen LogP contribution < -0.4 is 4.74 Å². The van der Waals surface area contributed by atoms with Crippen LogP contribution in [0.3, 0.4) is 0 Å². The fourth-order valence-corrected chi connectivity index (χ4v) is 5.21. The van der Waals surface area contributed by atoms with Crippen LogP contribution in [0.15, 0.2) is 27.7 Å². The molecule has 1 heterocycles. The second-order valence-electron chi connectivity index (χ2n) is 8.39. The first-order valence-electron chi connectivity index (χ1n) is 9.84. The quantitative estimate of drug-likeness (QED) is 0.449. The molecule has 0 radical (unpaired) electrons. The second-order valence-corrected chi connectivity index (χ2v) is 10.4. The van der Waals surface area contributed by atoms with Crippen molar-refractivity contribution in [3.63, 3.8) is 0 Å². The molecule has 148 valence electrons. The molecule has 3 rings (SSSR count). The Hall–Kier alpha value is -1.64. The molecule has 0 fully saturated rings. The van der Waals surface area contributed by atoms with E-state index < -0.39 is 0 Å². The minimum atomic E-state index is 0.291. The van der Waals surface area contributed by atoms with E-state index in [9.17, 15) is 5.26 Å². The lowest BCUT2D eigenvalue weighted by atomic mass is 9.72. The van der Waals surface area contributed by atoms with Gasteiger partial charge in [-0.05, 0) is 60.8 Å². The molecular formula is C23H27BrN2OS. The van der Waals surface area contributed by atoms with E-state index >= 15 is 0 Å². The largest absolute Gasteiger partial charge is 0.493 e. The van der Waals surface area contributed by atoms with E-state index in [2.05, 4.69) is 49.7 Å². The van der Waals surface area contributed by atoms with E-state index in [1.807, 2.05) is 24.4 Å². The molecule has 2 aromatic rings. The molecule has 1 aromatic carbocycles. The van der Waals surface area contributed by atoms with E-state index in [-0.39, 0.29) is 0 Å². The molecule has 0 saturated heterocycles. The second kappa shape index (κ2) is 8.80. The van der Waals surface area contributed by atoms with Gasteiger partial charge in [0.2, 0.25) is 0 Å². The molecule has 28 heavy (non-hydrogen) atoms. The summed E-state index contributed by atoms with van der Waals surface area (Å²) < 4.78 is 6.83. The molecule has 1 aliphatic rings. The molecule has 1 aliphatic carbocycles. The zero-order valence-corrected chi connectivity index (χ0v) is 19.4. The van der Waals surface area contributed by atoms with Gasteiger partial charge in [0.1, 0.15) is 16.8 Å². The molecule has 0 bridgehead atoms. The maximum atomic E-state index is 9.75. The summed E-state index contributed by atoms with van der Waals surface area (Å²) in [4.78, 5) is 6.06. The minimum Gasteiger partial charge on any atom is -0.493 e. The molecule has 0 spiro atoms. The monoisotopic (exact) mass is 458 g/mol. The number of aliphatic imine (C=N–C) groups is 1. The molecule has 1 atom stereocenters. The maximum absolute atomic E-state index is 9.75. The number of hydrogen-bond donors (Lipinski definition) is 0. The lowest BCUT2D eigenvalue weighted by Crippen LogP contribution is -2.26. The number of fused-ring (bicyclic) bond motifs is 1. The summed E-state index contributed by atoms with van der Waals surface area (Å²) >= 11 is 5.20. The van der Waals surface area contributed by atoms with Gasteiger partial charge in [0.05, 0.1) is 12.2 Å². The summed E-state index contributed by atoms with van der Waals surface area (Å²) in [5.74, 6) is 1.47. The number of halogens is 1. The summed E-state index contributed by atoms with van der Waals surface area (Å²) in [5.41, 5.74) is 3.19. The molecule has 0 N–H and O–H groups in total. The van der Waals surface area contributed by atoms with Crippen LogP contribution in [0.2, 0.25) is 0 Å². The fourth-order valence-electron chi connectivity index (χ4n) is 3.61. The van der Waals surface area contributed by atoms with E-state index in [4.69, 9.17) is 9.73 Å². The van der Waals surface area contributed by atoms with Crippen LogP contribution >= 0.6 is 27.3 Å². The highest BCUT2D eigenvalue weighted by molar-refractivity contribution is 9.10. The summed E-state index contributed by atoms with van der Waals surface area (Å²) in [6.45, 7) is 9.70. The van der Waals surface area contributed by atoms with Gasteiger partial charge in [-0.2, -0.15) is 5.26 Å². The van der Waals surface area contributed by atoms with Crippen molar-refractivity contribution in [1.82, 2.24) is 0 Å². The van der Waals surface area contributed by atoms with Gasteiger partial charge in [-0.3, -0.25) is 0 Å². The molecule has 1 aromatic heterocycles. The average molecular weight is 459 g/mol. The number of nitriles is 1. The van der Waals surface area contributed by atoms with Crippen molar-refractivity contribution >= 4 is 38.5 Å². The van der Waals surface area contributed by atoms with Crippen molar-refractivity contribution < 1.29 is 4.74 Å². The zero-order chi connectivity index (χ0) is 20.3. The van der Waals surface area contributed by atoms with E-state index in [0.29, 0.717) is 17.9 Å². The number of rotatable bonds is 5. The standard InChI is InChI=1S/C23H27BrN2OS/c1-5-10-27-20-9-7-17(24)11-15(20)14-26-22-19(13-25)18-8-6-16(23(2,3)4)12-21(18)28-22/h7,9,11,14,16H,5-6,8,10,12H2,1-4H3/t16-/m0/s1. The van der Waals surface area contributed by atoms with E-state index in [1.165, 1.54) is 10.4 Å². The molecule has 0 saturated carbocycles. The van der Waals surface area contributed by atoms with Crippen molar-refractivity contribution in [3.05, 3.63) is 44.2 Å². The van der Waals surface area contributed by atoms with Gasteiger partial charge in [0.25, 0.3) is 0 Å². The Morgan fingerprint density at radius 2 is 2.18 bits per heavy atom. The average Bonchev–Trinajstić information content (AvgIpc) is 3.01. The molecule has 5 heteroatoms. The fraction of sp³-hybridized carbons (Fsp3) is 0.478. The Morgan fingerprint density at radius 1 is 1.39 bits per heavy atom. The lowest BCUT2D eigenvalue weighted by molar-refractivity contribution is 0.218. The van der Waals surface area contributed by atoms with Crippen LogP contribution in [0.5, 0.6) is 5.75 Å². The summed E-state index contributed by atoms with van der Waals surface area (Å²) in [7, 11) is 0. The molecule has 0 unspecified atom stereocenters. The van der Waals surface area contributed by atoms with Gasteiger partial charge in [0.15, 0.2) is 0 Å². The number of thiophene rings is 1. The third-order valence-corrected chi connectivity index (χ3v) is 6.99. The van der Waals surface area contributed by atoms with E-state index in [1.54, 1.807) is 11.3 Å². The van der Waals surface area contributed by atoms with Crippen molar-refractivity contribution in [2.45, 2.75) is 53.4 Å². The topological polar surface area (TPSA) is 45.4 Å². The zero-order valence-electron chi connectivity index (χ0n) is 17.0. The van der Waals surface area contributed by atoms with Crippen molar-refractivity contribution in [3.8, 4) is 11.8 Å². The highest BCUT2D eigenvalue weighted by Crippen LogP contribution is 2.45. The van der Waals surface area contributed by atoms with Crippen LogP contribution in [-0.2, 0) is 12.8 Å². The van der Waals surface area contributed by atoms with Crippen LogP contribution in [0.25, 0.3) is 0 Å². The summed E-state index contributed by atoms with van der Waals surface area (Å²) in [6.07, 6.45) is 5.96. The Morgan fingerprint density at radius 3 is 2.86 bits per heavy atom. The first kappa shape index (κ1) is 21.1. The first-order valence-corrected chi connectivity index (χ1v) is 11.5. The lowest BCUT2D eigenvalue weighted by Gasteiger charge is -2.33. The number of benzene rings is 1. The normalized spacial score (nSPS) is 16.8. The Labute approximate surface area is 180 Å². The van der Waals surface area contributed by atoms with E-state index in [0.717, 1.165) is 52.0 Å². The van der Waals surface area contributed by atoms with Crippen molar-refractivity contribution in [2.75, 3.05) is 6.61 Å². The smallest absolute Gasteiger partial charge is 0.134 e. The number of ether oxygens (including phenoxy) is 1. The molecule has 0 aliphatic heterocycles. The van der Waals surface area contributed by atoms with Crippen molar-refractivity contribution in [1.29, 1.82) is 5.26 Å².